The van der Waals surface area contributed by atoms with Crippen LogP contribution in [0, 0.1) is 12.7 Å². The summed E-state index contributed by atoms with van der Waals surface area (Å²) in [5.41, 5.74) is 1.17. The van der Waals surface area contributed by atoms with Gasteiger partial charge in [0.25, 0.3) is 0 Å². The van der Waals surface area contributed by atoms with Gasteiger partial charge in [-0.1, -0.05) is 6.07 Å². The number of aromatic carboxylic acids is 1. The Morgan fingerprint density at radius 3 is 2.82 bits per heavy atom. The molecule has 0 aliphatic rings. The number of aryl methyl sites for hydroxylation is 1. The molecule has 1 aromatic carbocycles. The lowest BCUT2D eigenvalue weighted by Crippen LogP contribution is -2.02. The second-order valence-electron chi connectivity index (χ2n) is 3.53. The third-order valence-corrected chi connectivity index (χ3v) is 2.32. The molecule has 0 saturated carbocycles. The minimum absolute atomic E-state index is 0.112. The van der Waals surface area contributed by atoms with Crippen LogP contribution in [0.3, 0.4) is 0 Å². The Hall–Kier alpha value is -2.30. The summed E-state index contributed by atoms with van der Waals surface area (Å²) in [5, 5.41) is 8.82. The SMILES string of the molecule is Cc1ccc(F)cc1-c1nccc(C(=O)O)n1. The normalized spacial score (nSPS) is 10.2. The van der Waals surface area contributed by atoms with Crippen LogP contribution >= 0.6 is 0 Å². The molecule has 2 rings (SSSR count). The Morgan fingerprint density at radius 2 is 2.12 bits per heavy atom. The first-order valence-electron chi connectivity index (χ1n) is 4.91. The van der Waals surface area contributed by atoms with E-state index in [0.717, 1.165) is 5.56 Å². The quantitative estimate of drug-likeness (QED) is 0.862. The first-order valence-corrected chi connectivity index (χ1v) is 4.91. The average molecular weight is 232 g/mol. The molecule has 2 aromatic rings. The molecule has 4 nitrogen and oxygen atoms in total. The molecule has 0 fully saturated rings. The highest BCUT2D eigenvalue weighted by Crippen LogP contribution is 2.20. The minimum Gasteiger partial charge on any atom is -0.477 e. The van der Waals surface area contributed by atoms with E-state index in [1.54, 1.807) is 13.0 Å². The van der Waals surface area contributed by atoms with Crippen molar-refractivity contribution >= 4 is 5.97 Å². The fourth-order valence-electron chi connectivity index (χ4n) is 1.44. The third kappa shape index (κ3) is 2.28. The van der Waals surface area contributed by atoms with E-state index in [4.69, 9.17) is 5.11 Å². The van der Waals surface area contributed by atoms with E-state index < -0.39 is 11.8 Å². The van der Waals surface area contributed by atoms with Crippen LogP contribution in [-0.4, -0.2) is 21.0 Å². The highest BCUT2D eigenvalue weighted by atomic mass is 19.1. The molecule has 0 unspecified atom stereocenters. The molecule has 5 heteroatoms. The van der Waals surface area contributed by atoms with Gasteiger partial charge in [-0.05, 0) is 30.7 Å². The van der Waals surface area contributed by atoms with Crippen LogP contribution in [-0.2, 0) is 0 Å². The zero-order chi connectivity index (χ0) is 12.4. The number of hydrogen-bond donors (Lipinski definition) is 1. The first kappa shape index (κ1) is 11.2. The molecule has 0 aliphatic heterocycles. The van der Waals surface area contributed by atoms with Crippen LogP contribution in [0.1, 0.15) is 16.1 Å². The number of carbonyl (C=O) groups is 1. The van der Waals surface area contributed by atoms with Crippen molar-refractivity contribution < 1.29 is 14.3 Å². The highest BCUT2D eigenvalue weighted by molar-refractivity contribution is 5.85. The molecule has 1 aromatic heterocycles. The Balaban J connectivity index is 2.56. The lowest BCUT2D eigenvalue weighted by Gasteiger charge is -2.04. The van der Waals surface area contributed by atoms with Gasteiger partial charge >= 0.3 is 5.97 Å². The number of benzene rings is 1. The number of aromatic nitrogens is 2. The highest BCUT2D eigenvalue weighted by Gasteiger charge is 2.10. The maximum Gasteiger partial charge on any atom is 0.354 e. The number of carboxylic acids is 1. The van der Waals surface area contributed by atoms with E-state index in [1.807, 2.05) is 0 Å². The predicted molar refractivity (Wildman–Crippen MR) is 59.1 cm³/mol. The second kappa shape index (κ2) is 4.29. The molecule has 17 heavy (non-hydrogen) atoms. The van der Waals surface area contributed by atoms with Gasteiger partial charge in [0.1, 0.15) is 5.82 Å². The van der Waals surface area contributed by atoms with Crippen molar-refractivity contribution in [2.75, 3.05) is 0 Å². The Morgan fingerprint density at radius 1 is 1.35 bits per heavy atom. The van der Waals surface area contributed by atoms with Crippen molar-refractivity contribution in [1.29, 1.82) is 0 Å². The number of rotatable bonds is 2. The molecule has 86 valence electrons. The molecule has 0 radical (unpaired) electrons. The lowest BCUT2D eigenvalue weighted by molar-refractivity contribution is 0.0690. The van der Waals surface area contributed by atoms with Gasteiger partial charge in [0.05, 0.1) is 0 Å². The van der Waals surface area contributed by atoms with Gasteiger partial charge in [-0.15, -0.1) is 0 Å². The summed E-state index contributed by atoms with van der Waals surface area (Å²) in [4.78, 5) is 18.6. The molecular formula is C12H9FN2O2. The van der Waals surface area contributed by atoms with Gasteiger partial charge in [0.15, 0.2) is 11.5 Å². The standard InChI is InChI=1S/C12H9FN2O2/c1-7-2-3-8(13)6-9(7)11-14-5-4-10(15-11)12(16)17/h2-6H,1H3,(H,16,17). The van der Waals surface area contributed by atoms with Crippen molar-refractivity contribution in [3.05, 3.63) is 47.5 Å². The Labute approximate surface area is 96.8 Å². The monoisotopic (exact) mass is 232 g/mol. The van der Waals surface area contributed by atoms with Crippen molar-refractivity contribution in [2.24, 2.45) is 0 Å². The van der Waals surface area contributed by atoms with Crippen LogP contribution in [0.2, 0.25) is 0 Å². The molecule has 0 bridgehead atoms. The van der Waals surface area contributed by atoms with Crippen molar-refractivity contribution in [3.63, 3.8) is 0 Å². The summed E-state index contributed by atoms with van der Waals surface area (Å²) < 4.78 is 13.1. The molecular weight excluding hydrogens is 223 g/mol. The van der Waals surface area contributed by atoms with E-state index >= 15 is 0 Å². The minimum atomic E-state index is -1.14. The van der Waals surface area contributed by atoms with Crippen molar-refractivity contribution in [1.82, 2.24) is 9.97 Å². The fraction of sp³-hybridized carbons (Fsp3) is 0.0833. The molecule has 0 amide bonds. The van der Waals surface area contributed by atoms with Crippen molar-refractivity contribution in [2.45, 2.75) is 6.92 Å². The van der Waals surface area contributed by atoms with E-state index in [0.29, 0.717) is 5.56 Å². The first-order chi connectivity index (χ1) is 8.08. The smallest absolute Gasteiger partial charge is 0.354 e. The summed E-state index contributed by atoms with van der Waals surface area (Å²) in [6.45, 7) is 1.78. The number of carboxylic acid groups (broad SMARTS) is 1. The molecule has 0 aliphatic carbocycles. The van der Waals surface area contributed by atoms with Gasteiger partial charge in [0.2, 0.25) is 0 Å². The Kier molecular flexibility index (Phi) is 2.82. The van der Waals surface area contributed by atoms with Gasteiger partial charge in [-0.25, -0.2) is 19.2 Å². The maximum absolute atomic E-state index is 13.1. The van der Waals surface area contributed by atoms with Crippen LogP contribution in [0.15, 0.2) is 30.5 Å². The third-order valence-electron chi connectivity index (χ3n) is 2.32. The predicted octanol–water partition coefficient (Wildman–Crippen LogP) is 2.29. The molecule has 0 saturated heterocycles. The summed E-state index contributed by atoms with van der Waals surface area (Å²) >= 11 is 0. The summed E-state index contributed by atoms with van der Waals surface area (Å²) in [6.07, 6.45) is 1.34. The summed E-state index contributed by atoms with van der Waals surface area (Å²) in [5.74, 6) is -1.33. The zero-order valence-corrected chi connectivity index (χ0v) is 9.01. The number of hydrogen-bond acceptors (Lipinski definition) is 3. The van der Waals surface area contributed by atoms with Crippen LogP contribution in [0.25, 0.3) is 11.4 Å². The molecule has 0 spiro atoms. The van der Waals surface area contributed by atoms with Crippen LogP contribution < -0.4 is 0 Å². The van der Waals surface area contributed by atoms with E-state index in [1.165, 1.54) is 24.4 Å². The van der Waals surface area contributed by atoms with Gasteiger partial charge in [-0.2, -0.15) is 0 Å². The van der Waals surface area contributed by atoms with Crippen LogP contribution in [0.4, 0.5) is 4.39 Å². The summed E-state index contributed by atoms with van der Waals surface area (Å²) in [6, 6.07) is 5.51. The molecule has 0 atom stereocenters. The van der Waals surface area contributed by atoms with Gasteiger partial charge in [-0.3, -0.25) is 0 Å². The van der Waals surface area contributed by atoms with Gasteiger partial charge in [0, 0.05) is 11.8 Å². The lowest BCUT2D eigenvalue weighted by atomic mass is 10.1. The Bertz CT molecular complexity index is 584. The fourth-order valence-corrected chi connectivity index (χ4v) is 1.44. The maximum atomic E-state index is 13.1. The van der Waals surface area contributed by atoms with Crippen molar-refractivity contribution in [3.8, 4) is 11.4 Å². The van der Waals surface area contributed by atoms with E-state index in [2.05, 4.69) is 9.97 Å². The van der Waals surface area contributed by atoms with E-state index in [9.17, 15) is 9.18 Å². The number of halogens is 1. The molecule has 1 N–H and O–H groups in total. The second-order valence-corrected chi connectivity index (χ2v) is 3.53. The zero-order valence-electron chi connectivity index (χ0n) is 9.01. The van der Waals surface area contributed by atoms with E-state index in [-0.39, 0.29) is 11.5 Å². The van der Waals surface area contributed by atoms with Gasteiger partial charge < -0.3 is 5.11 Å². The average Bonchev–Trinajstić information content (AvgIpc) is 2.32. The summed E-state index contributed by atoms with van der Waals surface area (Å²) in [7, 11) is 0. The number of nitrogens with zero attached hydrogens (tertiary/aromatic N) is 2. The van der Waals surface area contributed by atoms with Crippen LogP contribution in [0.5, 0.6) is 0 Å². The largest absolute Gasteiger partial charge is 0.477 e. The molecule has 1 heterocycles. The topological polar surface area (TPSA) is 63.1 Å².